The van der Waals surface area contributed by atoms with Crippen LogP contribution < -0.4 is 15.4 Å². The topological polar surface area (TPSA) is 59.1 Å². The van der Waals surface area contributed by atoms with Gasteiger partial charge in [-0.2, -0.15) is 0 Å². The van der Waals surface area contributed by atoms with Gasteiger partial charge < -0.3 is 15.4 Å². The summed E-state index contributed by atoms with van der Waals surface area (Å²) in [5.41, 5.74) is 3.04. The SMILES string of the molecule is COc1ccc(CNc2cc(Nc3cccc(Cl)c3C)ncn2)cc1. The first-order valence-electron chi connectivity index (χ1n) is 7.86. The molecular formula is C19H19ClN4O. The quantitative estimate of drug-likeness (QED) is 0.665. The van der Waals surface area contributed by atoms with Crippen LogP contribution in [0, 0.1) is 6.92 Å². The molecule has 0 saturated carbocycles. The third-order valence-electron chi connectivity index (χ3n) is 3.83. The molecule has 0 amide bonds. The maximum absolute atomic E-state index is 6.16. The lowest BCUT2D eigenvalue weighted by Gasteiger charge is -2.11. The van der Waals surface area contributed by atoms with Gasteiger partial charge in [0.2, 0.25) is 0 Å². The molecule has 0 radical (unpaired) electrons. The summed E-state index contributed by atoms with van der Waals surface area (Å²) in [6.45, 7) is 2.63. The minimum atomic E-state index is 0.663. The van der Waals surface area contributed by atoms with Crippen molar-refractivity contribution < 1.29 is 4.74 Å². The highest BCUT2D eigenvalue weighted by Gasteiger charge is 2.04. The Balaban J connectivity index is 1.67. The number of benzene rings is 2. The molecule has 0 aliphatic rings. The number of ether oxygens (including phenoxy) is 1. The van der Waals surface area contributed by atoms with Gasteiger partial charge >= 0.3 is 0 Å². The van der Waals surface area contributed by atoms with Gasteiger partial charge in [0.05, 0.1) is 7.11 Å². The molecule has 5 nitrogen and oxygen atoms in total. The second-order valence-corrected chi connectivity index (χ2v) is 5.93. The summed E-state index contributed by atoms with van der Waals surface area (Å²) in [7, 11) is 1.66. The first kappa shape index (κ1) is 17.0. The summed E-state index contributed by atoms with van der Waals surface area (Å²) in [5.74, 6) is 2.29. The molecule has 0 bridgehead atoms. The Bertz CT molecular complexity index is 852. The molecule has 25 heavy (non-hydrogen) atoms. The van der Waals surface area contributed by atoms with Crippen molar-refractivity contribution >= 4 is 28.9 Å². The van der Waals surface area contributed by atoms with Crippen LogP contribution in [-0.2, 0) is 6.54 Å². The fourth-order valence-electron chi connectivity index (χ4n) is 2.34. The third-order valence-corrected chi connectivity index (χ3v) is 4.24. The van der Waals surface area contributed by atoms with E-state index in [-0.39, 0.29) is 0 Å². The zero-order valence-corrected chi connectivity index (χ0v) is 14.8. The molecule has 0 spiro atoms. The molecule has 0 saturated heterocycles. The van der Waals surface area contributed by atoms with Gasteiger partial charge in [-0.15, -0.1) is 0 Å². The van der Waals surface area contributed by atoms with E-state index in [0.717, 1.165) is 33.4 Å². The summed E-state index contributed by atoms with van der Waals surface area (Å²) in [5, 5.41) is 7.29. The first-order valence-corrected chi connectivity index (χ1v) is 8.24. The van der Waals surface area contributed by atoms with Crippen LogP contribution in [-0.4, -0.2) is 17.1 Å². The molecule has 1 aromatic heterocycles. The van der Waals surface area contributed by atoms with E-state index in [1.165, 1.54) is 6.33 Å². The second kappa shape index (κ2) is 7.85. The number of rotatable bonds is 6. The molecule has 2 aromatic carbocycles. The summed E-state index contributed by atoms with van der Waals surface area (Å²) in [6, 6.07) is 15.5. The monoisotopic (exact) mass is 354 g/mol. The molecule has 0 fully saturated rings. The Morgan fingerprint density at radius 3 is 2.56 bits per heavy atom. The zero-order valence-electron chi connectivity index (χ0n) is 14.1. The van der Waals surface area contributed by atoms with Crippen molar-refractivity contribution in [3.05, 3.63) is 71.0 Å². The number of methoxy groups -OCH3 is 1. The van der Waals surface area contributed by atoms with Crippen molar-refractivity contribution in [1.29, 1.82) is 0 Å². The molecule has 0 aliphatic heterocycles. The van der Waals surface area contributed by atoms with Crippen LogP contribution in [0.4, 0.5) is 17.3 Å². The van der Waals surface area contributed by atoms with E-state index in [1.807, 2.05) is 55.5 Å². The molecule has 3 rings (SSSR count). The molecule has 0 unspecified atom stereocenters. The van der Waals surface area contributed by atoms with Crippen molar-refractivity contribution in [2.24, 2.45) is 0 Å². The van der Waals surface area contributed by atoms with E-state index < -0.39 is 0 Å². The molecule has 0 aliphatic carbocycles. The van der Waals surface area contributed by atoms with Gasteiger partial charge in [0.15, 0.2) is 0 Å². The summed E-state index contributed by atoms with van der Waals surface area (Å²) in [4.78, 5) is 8.52. The Kier molecular flexibility index (Phi) is 5.36. The number of hydrogen-bond acceptors (Lipinski definition) is 5. The van der Waals surface area contributed by atoms with E-state index in [1.54, 1.807) is 7.11 Å². The van der Waals surface area contributed by atoms with Crippen LogP contribution in [0.1, 0.15) is 11.1 Å². The highest BCUT2D eigenvalue weighted by molar-refractivity contribution is 6.31. The fraction of sp³-hybridized carbons (Fsp3) is 0.158. The molecule has 6 heteroatoms. The second-order valence-electron chi connectivity index (χ2n) is 5.53. The molecule has 3 aromatic rings. The van der Waals surface area contributed by atoms with Gasteiger partial charge in [-0.05, 0) is 42.3 Å². The van der Waals surface area contributed by atoms with Gasteiger partial charge in [0.25, 0.3) is 0 Å². The Morgan fingerprint density at radius 2 is 1.80 bits per heavy atom. The average molecular weight is 355 g/mol. The number of nitrogens with one attached hydrogen (secondary N) is 2. The van der Waals surface area contributed by atoms with E-state index in [2.05, 4.69) is 20.6 Å². The number of halogens is 1. The number of hydrogen-bond donors (Lipinski definition) is 2. The smallest absolute Gasteiger partial charge is 0.135 e. The Hall–Kier alpha value is -2.79. The largest absolute Gasteiger partial charge is 0.497 e. The normalized spacial score (nSPS) is 10.4. The molecule has 2 N–H and O–H groups in total. The zero-order chi connectivity index (χ0) is 17.6. The van der Waals surface area contributed by atoms with Gasteiger partial charge in [0.1, 0.15) is 23.7 Å². The van der Waals surface area contributed by atoms with Gasteiger partial charge in [-0.3, -0.25) is 0 Å². The van der Waals surface area contributed by atoms with E-state index in [4.69, 9.17) is 16.3 Å². The standard InChI is InChI=1S/C19H19ClN4O/c1-13-16(20)4-3-5-17(13)24-19-10-18(22-12-23-19)21-11-14-6-8-15(25-2)9-7-14/h3-10,12H,11H2,1-2H3,(H2,21,22,23,24). The van der Waals surface area contributed by atoms with Gasteiger partial charge in [-0.25, -0.2) is 9.97 Å². The number of aromatic nitrogens is 2. The van der Waals surface area contributed by atoms with Crippen molar-refractivity contribution in [1.82, 2.24) is 9.97 Å². The van der Waals surface area contributed by atoms with E-state index in [9.17, 15) is 0 Å². The highest BCUT2D eigenvalue weighted by atomic mass is 35.5. The predicted octanol–water partition coefficient (Wildman–Crippen LogP) is 4.80. The van der Waals surface area contributed by atoms with Crippen LogP contribution >= 0.6 is 11.6 Å². The average Bonchev–Trinajstić information content (AvgIpc) is 2.64. The van der Waals surface area contributed by atoms with Crippen LogP contribution in [0.2, 0.25) is 5.02 Å². The van der Waals surface area contributed by atoms with Crippen LogP contribution in [0.25, 0.3) is 0 Å². The lowest BCUT2D eigenvalue weighted by Crippen LogP contribution is -2.03. The minimum absolute atomic E-state index is 0.663. The van der Waals surface area contributed by atoms with Crippen LogP contribution in [0.3, 0.4) is 0 Å². The Morgan fingerprint density at radius 1 is 1.04 bits per heavy atom. The van der Waals surface area contributed by atoms with Crippen LogP contribution in [0.15, 0.2) is 54.9 Å². The maximum atomic E-state index is 6.16. The maximum Gasteiger partial charge on any atom is 0.135 e. The summed E-state index contributed by atoms with van der Waals surface area (Å²) < 4.78 is 5.16. The molecule has 1 heterocycles. The van der Waals surface area contributed by atoms with E-state index in [0.29, 0.717) is 12.4 Å². The molecule has 128 valence electrons. The Labute approximate surface area is 152 Å². The van der Waals surface area contributed by atoms with E-state index >= 15 is 0 Å². The number of anilines is 3. The lowest BCUT2D eigenvalue weighted by molar-refractivity contribution is 0.414. The fourth-order valence-corrected chi connectivity index (χ4v) is 2.51. The number of nitrogens with zero attached hydrogens (tertiary/aromatic N) is 2. The summed E-state index contributed by atoms with van der Waals surface area (Å²) in [6.07, 6.45) is 1.53. The van der Waals surface area contributed by atoms with Gasteiger partial charge in [-0.1, -0.05) is 29.8 Å². The lowest BCUT2D eigenvalue weighted by atomic mass is 10.2. The third kappa shape index (κ3) is 4.39. The van der Waals surface area contributed by atoms with Gasteiger partial charge in [0, 0.05) is 23.3 Å². The first-order chi connectivity index (χ1) is 12.2. The van der Waals surface area contributed by atoms with Crippen molar-refractivity contribution in [3.63, 3.8) is 0 Å². The summed E-state index contributed by atoms with van der Waals surface area (Å²) >= 11 is 6.16. The van der Waals surface area contributed by atoms with Crippen molar-refractivity contribution in [3.8, 4) is 5.75 Å². The highest BCUT2D eigenvalue weighted by Crippen LogP contribution is 2.25. The predicted molar refractivity (Wildman–Crippen MR) is 102 cm³/mol. The van der Waals surface area contributed by atoms with Crippen LogP contribution in [0.5, 0.6) is 5.75 Å². The van der Waals surface area contributed by atoms with Crippen molar-refractivity contribution in [2.45, 2.75) is 13.5 Å². The van der Waals surface area contributed by atoms with Crippen molar-refractivity contribution in [2.75, 3.05) is 17.7 Å². The molecule has 0 atom stereocenters. The molecular weight excluding hydrogens is 336 g/mol. The minimum Gasteiger partial charge on any atom is -0.497 e.